The molecule has 0 spiro atoms. The Morgan fingerprint density at radius 1 is 1.28 bits per heavy atom. The first-order valence-corrected chi connectivity index (χ1v) is 10.1. The van der Waals surface area contributed by atoms with E-state index in [4.69, 9.17) is 4.42 Å². The molecule has 2 N–H and O–H groups in total. The van der Waals surface area contributed by atoms with Crippen molar-refractivity contribution in [3.05, 3.63) is 60.3 Å². The topological polar surface area (TPSA) is 83.1 Å². The number of piperidine rings is 1. The molecule has 3 aromatic heterocycles. The number of nitrogens with zero attached hydrogens (tertiary/aromatic N) is 4. The van der Waals surface area contributed by atoms with Crippen LogP contribution in [0.4, 0.5) is 0 Å². The minimum Gasteiger partial charge on any atom is -0.454 e. The molecule has 7 nitrogen and oxygen atoms in total. The largest absolute Gasteiger partial charge is 0.454 e. The Kier molecular flexibility index (Phi) is 4.69. The molecule has 1 aliphatic rings. The minimum absolute atomic E-state index is 0.242. The summed E-state index contributed by atoms with van der Waals surface area (Å²) in [5.74, 6) is 1.82. The van der Waals surface area contributed by atoms with Crippen molar-refractivity contribution in [2.75, 3.05) is 13.1 Å². The Balaban J connectivity index is 1.26. The Morgan fingerprint density at radius 3 is 2.86 bits per heavy atom. The number of hydrogen-bond acceptors (Lipinski definition) is 5. The maximum Gasteiger partial charge on any atom is 0.153 e. The van der Waals surface area contributed by atoms with Gasteiger partial charge >= 0.3 is 0 Å². The molecule has 1 fully saturated rings. The Hall–Kier alpha value is -2.90. The quantitative estimate of drug-likeness (QED) is 0.544. The van der Waals surface area contributed by atoms with E-state index in [1.165, 1.54) is 0 Å². The molecule has 4 heterocycles. The number of benzene rings is 1. The van der Waals surface area contributed by atoms with Gasteiger partial charge in [-0.05, 0) is 44.0 Å². The van der Waals surface area contributed by atoms with Gasteiger partial charge in [-0.1, -0.05) is 18.2 Å². The first-order chi connectivity index (χ1) is 14.2. The second-order valence-corrected chi connectivity index (χ2v) is 7.87. The molecule has 0 saturated carbocycles. The van der Waals surface area contributed by atoms with E-state index in [1.54, 1.807) is 6.20 Å². The van der Waals surface area contributed by atoms with E-state index >= 15 is 0 Å². The van der Waals surface area contributed by atoms with Gasteiger partial charge in [0.15, 0.2) is 5.76 Å². The summed E-state index contributed by atoms with van der Waals surface area (Å²) in [5, 5.41) is 19.1. The Morgan fingerprint density at radius 2 is 2.10 bits per heavy atom. The van der Waals surface area contributed by atoms with Crippen LogP contribution in [0.3, 0.4) is 0 Å². The first-order valence-electron chi connectivity index (χ1n) is 10.1. The average molecular weight is 391 g/mol. The number of aromatic amines is 1. The summed E-state index contributed by atoms with van der Waals surface area (Å²) in [6, 6.07) is 10.1. The van der Waals surface area contributed by atoms with Gasteiger partial charge in [-0.3, -0.25) is 10.00 Å². The first kappa shape index (κ1) is 18.1. The third-order valence-electron chi connectivity index (χ3n) is 5.99. The monoisotopic (exact) mass is 391 g/mol. The number of imidazole rings is 1. The van der Waals surface area contributed by atoms with Crippen molar-refractivity contribution in [2.24, 2.45) is 13.0 Å². The fraction of sp³-hybridized carbons (Fsp3) is 0.364. The highest BCUT2D eigenvalue weighted by atomic mass is 16.3. The number of rotatable bonds is 5. The molecule has 0 aliphatic carbocycles. The summed E-state index contributed by atoms with van der Waals surface area (Å²) in [6.07, 6.45) is 6.91. The smallest absolute Gasteiger partial charge is 0.153 e. The fourth-order valence-corrected chi connectivity index (χ4v) is 4.29. The lowest BCUT2D eigenvalue weighted by Gasteiger charge is -2.33. The van der Waals surface area contributed by atoms with Crippen LogP contribution in [0.15, 0.2) is 53.3 Å². The van der Waals surface area contributed by atoms with Gasteiger partial charge in [0.1, 0.15) is 23.2 Å². The maximum atomic E-state index is 10.7. The van der Waals surface area contributed by atoms with Gasteiger partial charge in [-0.25, -0.2) is 4.98 Å². The molecule has 4 aromatic rings. The lowest BCUT2D eigenvalue weighted by atomic mass is 9.90. The molecule has 0 amide bonds. The van der Waals surface area contributed by atoms with Crippen LogP contribution in [-0.2, 0) is 13.6 Å². The van der Waals surface area contributed by atoms with E-state index in [0.29, 0.717) is 0 Å². The summed E-state index contributed by atoms with van der Waals surface area (Å²) in [4.78, 5) is 6.73. The Bertz CT molecular complexity index is 1070. The van der Waals surface area contributed by atoms with Crippen molar-refractivity contribution in [2.45, 2.75) is 25.5 Å². The molecule has 0 bridgehead atoms. The summed E-state index contributed by atoms with van der Waals surface area (Å²) in [6.45, 7) is 2.70. The molecule has 150 valence electrons. The van der Waals surface area contributed by atoms with E-state index < -0.39 is 6.10 Å². The van der Waals surface area contributed by atoms with Crippen LogP contribution in [0.25, 0.3) is 22.4 Å². The number of aromatic nitrogens is 4. The molecule has 7 heteroatoms. The molecule has 1 saturated heterocycles. The molecule has 1 unspecified atom stereocenters. The van der Waals surface area contributed by atoms with E-state index in [0.717, 1.165) is 66.3 Å². The van der Waals surface area contributed by atoms with Crippen molar-refractivity contribution >= 4 is 11.0 Å². The van der Waals surface area contributed by atoms with Crippen molar-refractivity contribution in [3.63, 3.8) is 0 Å². The summed E-state index contributed by atoms with van der Waals surface area (Å²) < 4.78 is 7.92. The third-order valence-corrected chi connectivity index (χ3v) is 5.99. The normalized spacial score (nSPS) is 17.2. The van der Waals surface area contributed by atoms with Crippen molar-refractivity contribution in [1.29, 1.82) is 0 Å². The van der Waals surface area contributed by atoms with E-state index in [1.807, 2.05) is 42.2 Å². The van der Waals surface area contributed by atoms with Crippen LogP contribution in [0.2, 0.25) is 0 Å². The number of aryl methyl sites for hydroxylation is 1. The van der Waals surface area contributed by atoms with Gasteiger partial charge in [0.25, 0.3) is 0 Å². The number of fused-ring (bicyclic) bond motifs is 1. The molecule has 1 atom stereocenters. The number of aliphatic hydroxyl groups excluding tert-OH is 1. The van der Waals surface area contributed by atoms with Crippen LogP contribution in [0.5, 0.6) is 0 Å². The number of likely N-dealkylation sites (tertiary alicyclic amines) is 1. The van der Waals surface area contributed by atoms with Gasteiger partial charge in [-0.2, -0.15) is 5.10 Å². The fourth-order valence-electron chi connectivity index (χ4n) is 4.29. The summed E-state index contributed by atoms with van der Waals surface area (Å²) >= 11 is 0. The van der Waals surface area contributed by atoms with Crippen molar-refractivity contribution in [3.8, 4) is 11.5 Å². The predicted octanol–water partition coefficient (Wildman–Crippen LogP) is 3.50. The number of aliphatic hydroxyl groups is 1. The molecular formula is C22H25N5O2. The van der Waals surface area contributed by atoms with E-state index in [9.17, 15) is 5.11 Å². The van der Waals surface area contributed by atoms with E-state index in [-0.39, 0.29) is 5.92 Å². The second kappa shape index (κ2) is 7.50. The van der Waals surface area contributed by atoms with Gasteiger partial charge in [0.05, 0.1) is 6.20 Å². The molecular weight excluding hydrogens is 366 g/mol. The zero-order chi connectivity index (χ0) is 19.8. The lowest BCUT2D eigenvalue weighted by Crippen LogP contribution is -2.35. The molecule has 29 heavy (non-hydrogen) atoms. The van der Waals surface area contributed by atoms with Crippen LogP contribution in [0, 0.1) is 5.92 Å². The SMILES string of the molecule is Cn1ccnc1C(O)C1CCN(Cc2cn[nH]c2-c2cc3ccccc3o2)CC1. The summed E-state index contributed by atoms with van der Waals surface area (Å²) in [5.41, 5.74) is 2.95. The van der Waals surface area contributed by atoms with Gasteiger partial charge in [-0.15, -0.1) is 0 Å². The number of H-pyrrole nitrogens is 1. The van der Waals surface area contributed by atoms with Crippen molar-refractivity contribution in [1.82, 2.24) is 24.6 Å². The maximum absolute atomic E-state index is 10.7. The van der Waals surface area contributed by atoms with Crippen LogP contribution < -0.4 is 0 Å². The van der Waals surface area contributed by atoms with Gasteiger partial charge in [0.2, 0.25) is 0 Å². The minimum atomic E-state index is -0.503. The van der Waals surface area contributed by atoms with E-state index in [2.05, 4.69) is 32.2 Å². The average Bonchev–Trinajstić information content (AvgIpc) is 3.47. The van der Waals surface area contributed by atoms with Gasteiger partial charge < -0.3 is 14.1 Å². The van der Waals surface area contributed by atoms with Crippen molar-refractivity contribution < 1.29 is 9.52 Å². The highest BCUT2D eigenvalue weighted by molar-refractivity contribution is 5.82. The van der Waals surface area contributed by atoms with Crippen LogP contribution in [0.1, 0.15) is 30.3 Å². The molecule has 1 aliphatic heterocycles. The standard InChI is InChI=1S/C22H25N5O2/c1-26-11-8-23-22(26)21(28)15-6-9-27(10-7-15)14-17-13-24-25-20(17)19-12-16-4-2-3-5-18(16)29-19/h2-5,8,11-13,15,21,28H,6-7,9-10,14H2,1H3,(H,24,25). The van der Waals surface area contributed by atoms with Gasteiger partial charge in [0, 0.05) is 36.9 Å². The number of hydrogen-bond donors (Lipinski definition) is 2. The number of furan rings is 1. The zero-order valence-electron chi connectivity index (χ0n) is 16.5. The highest BCUT2D eigenvalue weighted by Crippen LogP contribution is 2.32. The second-order valence-electron chi connectivity index (χ2n) is 7.87. The lowest BCUT2D eigenvalue weighted by molar-refractivity contribution is 0.0492. The van der Waals surface area contributed by atoms with Crippen LogP contribution in [-0.4, -0.2) is 42.8 Å². The van der Waals surface area contributed by atoms with Crippen LogP contribution >= 0.6 is 0 Å². The highest BCUT2D eigenvalue weighted by Gasteiger charge is 2.29. The molecule has 1 aromatic carbocycles. The third kappa shape index (κ3) is 3.47. The Labute approximate surface area is 169 Å². The number of para-hydroxylation sites is 1. The molecule has 5 rings (SSSR count). The predicted molar refractivity (Wildman–Crippen MR) is 110 cm³/mol. The summed E-state index contributed by atoms with van der Waals surface area (Å²) in [7, 11) is 1.93. The molecule has 0 radical (unpaired) electrons. The number of nitrogens with one attached hydrogen (secondary N) is 1. The zero-order valence-corrected chi connectivity index (χ0v) is 16.5.